The summed E-state index contributed by atoms with van der Waals surface area (Å²) < 4.78 is 28.3. The topological polar surface area (TPSA) is 46.2 Å². The number of benzene rings is 1. The summed E-state index contributed by atoms with van der Waals surface area (Å²) in [7, 11) is -3.56. The van der Waals surface area contributed by atoms with Crippen molar-refractivity contribution in [2.75, 3.05) is 4.72 Å². The summed E-state index contributed by atoms with van der Waals surface area (Å²) in [5.74, 6) is 0. The third-order valence-corrected chi connectivity index (χ3v) is 6.71. The quantitative estimate of drug-likeness (QED) is 0.764. The highest BCUT2D eigenvalue weighted by Gasteiger charge is 2.16. The van der Waals surface area contributed by atoms with E-state index < -0.39 is 10.0 Å². The van der Waals surface area contributed by atoms with Crippen LogP contribution in [0.15, 0.2) is 42.8 Å². The highest BCUT2D eigenvalue weighted by Crippen LogP contribution is 2.30. The normalized spacial score (nSPS) is 11.5. The maximum atomic E-state index is 12.0. The van der Waals surface area contributed by atoms with Crippen molar-refractivity contribution >= 4 is 70.5 Å². The monoisotopic (exact) mass is 429 g/mol. The minimum Gasteiger partial charge on any atom is -0.279 e. The smallest absolute Gasteiger partial charge is 0.271 e. The van der Waals surface area contributed by atoms with Gasteiger partial charge in [0.2, 0.25) is 0 Å². The fourth-order valence-corrected chi connectivity index (χ4v) is 4.69. The lowest BCUT2D eigenvalue weighted by Gasteiger charge is -2.07. The highest BCUT2D eigenvalue weighted by atomic mass is 79.9. The first-order chi connectivity index (χ1) is 8.38. The van der Waals surface area contributed by atoms with E-state index in [9.17, 15) is 8.42 Å². The minimum absolute atomic E-state index is 0.244. The van der Waals surface area contributed by atoms with E-state index in [1.54, 1.807) is 24.3 Å². The second-order valence-corrected chi connectivity index (χ2v) is 8.93. The molecule has 0 aliphatic carbocycles. The molecule has 0 bridgehead atoms. The molecule has 0 saturated carbocycles. The SMILES string of the molecule is O=S(=O)(Nc1ccc(Br)c(Cl)c1)c1ccc(Br)s1. The van der Waals surface area contributed by atoms with Gasteiger partial charge in [-0.2, -0.15) is 0 Å². The van der Waals surface area contributed by atoms with Crippen LogP contribution in [0, 0.1) is 0 Å². The van der Waals surface area contributed by atoms with Crippen LogP contribution in [-0.4, -0.2) is 8.42 Å². The molecule has 1 aromatic carbocycles. The van der Waals surface area contributed by atoms with Crippen molar-refractivity contribution in [3.63, 3.8) is 0 Å². The van der Waals surface area contributed by atoms with Crippen molar-refractivity contribution < 1.29 is 8.42 Å². The van der Waals surface area contributed by atoms with Gasteiger partial charge in [0, 0.05) is 4.47 Å². The van der Waals surface area contributed by atoms with Crippen LogP contribution in [0.2, 0.25) is 5.02 Å². The number of hydrogen-bond acceptors (Lipinski definition) is 3. The van der Waals surface area contributed by atoms with Crippen molar-refractivity contribution in [2.45, 2.75) is 4.21 Å². The molecule has 96 valence electrons. The second-order valence-electron chi connectivity index (χ2n) is 3.29. The first-order valence-electron chi connectivity index (χ1n) is 4.62. The molecule has 1 aromatic heterocycles. The van der Waals surface area contributed by atoms with Crippen LogP contribution in [0.25, 0.3) is 0 Å². The molecule has 2 aromatic rings. The number of hydrogen-bond donors (Lipinski definition) is 1. The van der Waals surface area contributed by atoms with E-state index in [1.807, 2.05) is 0 Å². The Labute approximate surface area is 130 Å². The van der Waals surface area contributed by atoms with Gasteiger partial charge in [0.05, 0.1) is 14.5 Å². The third kappa shape index (κ3) is 3.27. The molecule has 1 heterocycles. The largest absolute Gasteiger partial charge is 0.279 e. The summed E-state index contributed by atoms with van der Waals surface area (Å²) in [4.78, 5) is 0. The summed E-state index contributed by atoms with van der Waals surface area (Å²) in [5.41, 5.74) is 0.424. The Hall–Kier alpha value is -0.0800. The first-order valence-corrected chi connectivity index (χ1v) is 8.88. The molecule has 0 aliphatic heterocycles. The molecule has 0 saturated heterocycles. The van der Waals surface area contributed by atoms with Gasteiger partial charge < -0.3 is 0 Å². The van der Waals surface area contributed by atoms with E-state index in [0.29, 0.717) is 15.2 Å². The summed E-state index contributed by atoms with van der Waals surface area (Å²) in [6, 6.07) is 8.10. The van der Waals surface area contributed by atoms with Gasteiger partial charge in [-0.05, 0) is 62.2 Å². The number of anilines is 1. The first kappa shape index (κ1) is 14.3. The molecule has 0 atom stereocenters. The van der Waals surface area contributed by atoms with Crippen molar-refractivity contribution in [2.24, 2.45) is 0 Å². The van der Waals surface area contributed by atoms with Crippen molar-refractivity contribution in [3.05, 3.63) is 43.6 Å². The molecule has 8 heteroatoms. The molecule has 0 fully saturated rings. The van der Waals surface area contributed by atoms with E-state index in [2.05, 4.69) is 36.6 Å². The standard InChI is InChI=1S/C10H6Br2ClNO2S2/c11-7-2-1-6(5-8(7)13)14-18(15,16)10-4-3-9(12)17-10/h1-5,14H. The molecule has 2 rings (SSSR count). The van der Waals surface area contributed by atoms with Gasteiger partial charge in [-0.1, -0.05) is 11.6 Å². The van der Waals surface area contributed by atoms with E-state index in [0.717, 1.165) is 15.1 Å². The third-order valence-electron chi connectivity index (χ3n) is 1.99. The fourth-order valence-electron chi connectivity index (χ4n) is 1.21. The Morgan fingerprint density at radius 1 is 1.17 bits per heavy atom. The predicted octanol–water partition coefficient (Wildman–Crippen LogP) is 4.73. The molecular weight excluding hydrogens is 426 g/mol. The van der Waals surface area contributed by atoms with Gasteiger partial charge in [-0.25, -0.2) is 8.42 Å². The lowest BCUT2D eigenvalue weighted by molar-refractivity contribution is 0.603. The number of thiophene rings is 1. The van der Waals surface area contributed by atoms with E-state index >= 15 is 0 Å². The summed E-state index contributed by atoms with van der Waals surface area (Å²) in [5, 5.41) is 0.447. The zero-order valence-corrected chi connectivity index (χ0v) is 14.2. The molecule has 18 heavy (non-hydrogen) atoms. The van der Waals surface area contributed by atoms with Crippen LogP contribution in [0.1, 0.15) is 0 Å². The number of halogens is 3. The molecule has 0 spiro atoms. The second kappa shape index (κ2) is 5.50. The summed E-state index contributed by atoms with van der Waals surface area (Å²) in [6.07, 6.45) is 0. The molecular formula is C10H6Br2ClNO2S2. The number of rotatable bonds is 3. The Bertz CT molecular complexity index is 685. The van der Waals surface area contributed by atoms with Crippen LogP contribution in [0.5, 0.6) is 0 Å². The Morgan fingerprint density at radius 3 is 2.44 bits per heavy atom. The summed E-state index contributed by atoms with van der Waals surface area (Å²) in [6.45, 7) is 0. The Balaban J connectivity index is 2.30. The fraction of sp³-hybridized carbons (Fsp3) is 0. The van der Waals surface area contributed by atoms with E-state index in [-0.39, 0.29) is 4.21 Å². The van der Waals surface area contributed by atoms with Gasteiger partial charge in [-0.3, -0.25) is 4.72 Å². The molecule has 3 nitrogen and oxygen atoms in total. The minimum atomic E-state index is -3.56. The zero-order chi connectivity index (χ0) is 13.3. The molecule has 0 unspecified atom stereocenters. The van der Waals surface area contributed by atoms with E-state index in [4.69, 9.17) is 11.6 Å². The van der Waals surface area contributed by atoms with Crippen LogP contribution in [-0.2, 0) is 10.0 Å². The van der Waals surface area contributed by atoms with Gasteiger partial charge in [0.1, 0.15) is 4.21 Å². The van der Waals surface area contributed by atoms with Gasteiger partial charge in [0.15, 0.2) is 0 Å². The van der Waals surface area contributed by atoms with Gasteiger partial charge in [-0.15, -0.1) is 11.3 Å². The Kier molecular flexibility index (Phi) is 4.38. The van der Waals surface area contributed by atoms with Crippen LogP contribution in [0.4, 0.5) is 5.69 Å². The maximum absolute atomic E-state index is 12.0. The van der Waals surface area contributed by atoms with Crippen LogP contribution < -0.4 is 4.72 Å². The number of nitrogens with one attached hydrogen (secondary N) is 1. The average molecular weight is 432 g/mol. The molecule has 0 aliphatic rings. The highest BCUT2D eigenvalue weighted by molar-refractivity contribution is 9.11. The molecule has 0 radical (unpaired) electrons. The summed E-state index contributed by atoms with van der Waals surface area (Å²) >= 11 is 13.5. The van der Waals surface area contributed by atoms with Crippen molar-refractivity contribution in [1.29, 1.82) is 0 Å². The molecule has 0 amide bonds. The molecule has 1 N–H and O–H groups in total. The Morgan fingerprint density at radius 2 is 1.89 bits per heavy atom. The lowest BCUT2D eigenvalue weighted by atomic mass is 10.3. The van der Waals surface area contributed by atoms with E-state index in [1.165, 1.54) is 6.07 Å². The van der Waals surface area contributed by atoms with Crippen molar-refractivity contribution in [3.8, 4) is 0 Å². The van der Waals surface area contributed by atoms with Gasteiger partial charge in [0.25, 0.3) is 10.0 Å². The van der Waals surface area contributed by atoms with Crippen LogP contribution >= 0.6 is 54.8 Å². The van der Waals surface area contributed by atoms with Crippen LogP contribution in [0.3, 0.4) is 0 Å². The number of sulfonamides is 1. The average Bonchev–Trinajstić information content (AvgIpc) is 2.71. The lowest BCUT2D eigenvalue weighted by Crippen LogP contribution is -2.11. The van der Waals surface area contributed by atoms with Crippen molar-refractivity contribution in [1.82, 2.24) is 0 Å². The van der Waals surface area contributed by atoms with Gasteiger partial charge >= 0.3 is 0 Å². The maximum Gasteiger partial charge on any atom is 0.271 e. The predicted molar refractivity (Wildman–Crippen MR) is 82.0 cm³/mol. The zero-order valence-electron chi connectivity index (χ0n) is 8.65.